The van der Waals surface area contributed by atoms with Crippen molar-refractivity contribution in [1.29, 1.82) is 0 Å². The van der Waals surface area contributed by atoms with E-state index in [9.17, 15) is 18.0 Å². The quantitative estimate of drug-likeness (QED) is 0.498. The van der Waals surface area contributed by atoms with E-state index in [4.69, 9.17) is 0 Å². The van der Waals surface area contributed by atoms with E-state index in [0.29, 0.717) is 0 Å². The smallest absolute Gasteiger partial charge is 0.435 e. The molecule has 0 aromatic rings. The van der Waals surface area contributed by atoms with E-state index < -0.39 is 17.2 Å². The standard InChI is InChI=1S/C4H4BrF3O2/c1-2(9)10-3(5)4(6,7)8/h3H,1H3. The van der Waals surface area contributed by atoms with E-state index in [0.717, 1.165) is 6.92 Å². The second-order valence-electron chi connectivity index (χ2n) is 1.47. The summed E-state index contributed by atoms with van der Waals surface area (Å²) in [5, 5.41) is -2.20. The third-order valence-corrected chi connectivity index (χ3v) is 1.23. The van der Waals surface area contributed by atoms with E-state index in [-0.39, 0.29) is 0 Å². The van der Waals surface area contributed by atoms with Gasteiger partial charge in [0, 0.05) is 6.92 Å². The maximum atomic E-state index is 11.5. The van der Waals surface area contributed by atoms with E-state index in [1.165, 1.54) is 0 Å². The first kappa shape index (κ1) is 9.74. The molecule has 0 bridgehead atoms. The molecular weight excluding hydrogens is 217 g/mol. The van der Waals surface area contributed by atoms with Gasteiger partial charge in [0.05, 0.1) is 0 Å². The zero-order chi connectivity index (χ0) is 8.36. The Balaban J connectivity index is 3.85. The summed E-state index contributed by atoms with van der Waals surface area (Å²) in [6, 6.07) is 0. The van der Waals surface area contributed by atoms with Crippen molar-refractivity contribution in [2.24, 2.45) is 0 Å². The Labute approximate surface area is 63.5 Å². The molecule has 60 valence electrons. The summed E-state index contributed by atoms with van der Waals surface area (Å²) in [5.74, 6) is -0.973. The zero-order valence-corrected chi connectivity index (χ0v) is 6.49. The molecule has 0 aliphatic rings. The van der Waals surface area contributed by atoms with Crippen molar-refractivity contribution >= 4 is 21.9 Å². The average molecular weight is 221 g/mol. The van der Waals surface area contributed by atoms with Crippen molar-refractivity contribution in [3.05, 3.63) is 0 Å². The number of halogens is 4. The summed E-state index contributed by atoms with van der Waals surface area (Å²) in [6.07, 6.45) is -4.54. The first-order valence-corrected chi connectivity index (χ1v) is 3.13. The average Bonchev–Trinajstić information content (AvgIpc) is 1.60. The number of ether oxygens (including phenoxy) is 1. The SMILES string of the molecule is CC(=O)OC(Br)C(F)(F)F. The van der Waals surface area contributed by atoms with Crippen molar-refractivity contribution in [2.45, 2.75) is 18.1 Å². The van der Waals surface area contributed by atoms with Crippen molar-refractivity contribution in [3.63, 3.8) is 0 Å². The molecule has 0 saturated carbocycles. The molecule has 2 nitrogen and oxygen atoms in total. The molecule has 0 saturated heterocycles. The molecule has 6 heteroatoms. The lowest BCUT2D eigenvalue weighted by molar-refractivity contribution is -0.193. The number of carbonyl (C=O) groups excluding carboxylic acids is 1. The fourth-order valence-electron chi connectivity index (χ4n) is 0.213. The van der Waals surface area contributed by atoms with Crippen LogP contribution in [0.2, 0.25) is 0 Å². The van der Waals surface area contributed by atoms with Gasteiger partial charge in [0.2, 0.25) is 0 Å². The van der Waals surface area contributed by atoms with Crippen molar-refractivity contribution < 1.29 is 22.7 Å². The third kappa shape index (κ3) is 3.71. The lowest BCUT2D eigenvalue weighted by Gasteiger charge is -2.12. The molecule has 0 amide bonds. The van der Waals surface area contributed by atoms with Crippen molar-refractivity contribution in [1.82, 2.24) is 0 Å². The maximum Gasteiger partial charge on any atom is 0.435 e. The Morgan fingerprint density at radius 2 is 2.00 bits per heavy atom. The van der Waals surface area contributed by atoms with Gasteiger partial charge in [-0.15, -0.1) is 0 Å². The maximum absolute atomic E-state index is 11.5. The summed E-state index contributed by atoms with van der Waals surface area (Å²) in [4.78, 5) is 9.95. The summed E-state index contributed by atoms with van der Waals surface area (Å²) < 4.78 is 38.2. The molecule has 0 aromatic heterocycles. The molecule has 10 heavy (non-hydrogen) atoms. The first-order valence-electron chi connectivity index (χ1n) is 2.22. The van der Waals surface area contributed by atoms with Crippen LogP contribution in [0.15, 0.2) is 0 Å². The molecule has 1 unspecified atom stereocenters. The van der Waals surface area contributed by atoms with Gasteiger partial charge >= 0.3 is 12.1 Å². The Bertz CT molecular complexity index is 133. The number of esters is 1. The predicted molar refractivity (Wildman–Crippen MR) is 30.5 cm³/mol. The van der Waals surface area contributed by atoms with Gasteiger partial charge in [-0.2, -0.15) is 13.2 Å². The van der Waals surface area contributed by atoms with Crippen LogP contribution in [0.5, 0.6) is 0 Å². The van der Waals surface area contributed by atoms with Crippen LogP contribution < -0.4 is 0 Å². The molecule has 0 N–H and O–H groups in total. The lowest BCUT2D eigenvalue weighted by atomic mass is 10.7. The minimum Gasteiger partial charge on any atom is -0.441 e. The monoisotopic (exact) mass is 220 g/mol. The van der Waals surface area contributed by atoms with Crippen molar-refractivity contribution in [3.8, 4) is 0 Å². The minimum absolute atomic E-state index is 0.903. The van der Waals surface area contributed by atoms with E-state index in [2.05, 4.69) is 20.7 Å². The molecule has 0 fully saturated rings. The van der Waals surface area contributed by atoms with Gasteiger partial charge < -0.3 is 4.74 Å². The number of hydrogen-bond acceptors (Lipinski definition) is 2. The van der Waals surface area contributed by atoms with Gasteiger partial charge in [-0.1, -0.05) is 0 Å². The molecule has 0 spiro atoms. The molecule has 0 radical (unpaired) electrons. The van der Waals surface area contributed by atoms with Crippen LogP contribution in [-0.4, -0.2) is 17.2 Å². The van der Waals surface area contributed by atoms with Crippen LogP contribution in [0.1, 0.15) is 6.92 Å². The number of carbonyl (C=O) groups is 1. The first-order chi connectivity index (χ1) is 4.34. The van der Waals surface area contributed by atoms with E-state index in [1.54, 1.807) is 0 Å². The highest BCUT2D eigenvalue weighted by Gasteiger charge is 2.40. The topological polar surface area (TPSA) is 26.3 Å². The van der Waals surface area contributed by atoms with Gasteiger partial charge in [0.1, 0.15) is 0 Å². The van der Waals surface area contributed by atoms with Crippen LogP contribution in [0, 0.1) is 0 Å². The minimum atomic E-state index is -4.54. The van der Waals surface area contributed by atoms with Crippen LogP contribution in [0.3, 0.4) is 0 Å². The number of hydrogen-bond donors (Lipinski definition) is 0. The second kappa shape index (κ2) is 3.23. The fraction of sp³-hybridized carbons (Fsp3) is 0.750. The second-order valence-corrected chi connectivity index (χ2v) is 2.30. The molecule has 0 aliphatic carbocycles. The van der Waals surface area contributed by atoms with E-state index >= 15 is 0 Å². The van der Waals surface area contributed by atoms with Crippen LogP contribution >= 0.6 is 15.9 Å². The van der Waals surface area contributed by atoms with Crippen LogP contribution in [0.25, 0.3) is 0 Å². The Hall–Kier alpha value is -0.260. The summed E-state index contributed by atoms with van der Waals surface area (Å²) in [5.41, 5.74) is 0. The highest BCUT2D eigenvalue weighted by Crippen LogP contribution is 2.26. The van der Waals surface area contributed by atoms with Gasteiger partial charge in [0.25, 0.3) is 5.01 Å². The fourth-order valence-corrected chi connectivity index (χ4v) is 0.476. The normalized spacial score (nSPS) is 14.5. The number of rotatable bonds is 1. The van der Waals surface area contributed by atoms with Crippen molar-refractivity contribution in [2.75, 3.05) is 0 Å². The van der Waals surface area contributed by atoms with Crippen LogP contribution in [0.4, 0.5) is 13.2 Å². The summed E-state index contributed by atoms with van der Waals surface area (Å²) in [6.45, 7) is 0.903. The highest BCUT2D eigenvalue weighted by molar-refractivity contribution is 9.09. The van der Waals surface area contributed by atoms with Crippen LogP contribution in [-0.2, 0) is 9.53 Å². The van der Waals surface area contributed by atoms with Gasteiger partial charge in [-0.3, -0.25) is 4.79 Å². The lowest BCUT2D eigenvalue weighted by Crippen LogP contribution is -2.27. The molecule has 0 aromatic carbocycles. The Kier molecular flexibility index (Phi) is 3.14. The summed E-state index contributed by atoms with van der Waals surface area (Å²) >= 11 is 2.13. The zero-order valence-electron chi connectivity index (χ0n) is 4.91. The largest absolute Gasteiger partial charge is 0.441 e. The predicted octanol–water partition coefficient (Wildman–Crippen LogP) is 1.83. The molecule has 1 atom stereocenters. The van der Waals surface area contributed by atoms with Gasteiger partial charge in [-0.05, 0) is 15.9 Å². The highest BCUT2D eigenvalue weighted by atomic mass is 79.9. The molecular formula is C4H4BrF3O2. The molecule has 0 heterocycles. The Morgan fingerprint density at radius 1 is 1.60 bits per heavy atom. The Morgan fingerprint density at radius 3 is 2.10 bits per heavy atom. The number of alkyl halides is 4. The molecule has 0 rings (SSSR count). The third-order valence-electron chi connectivity index (χ3n) is 0.527. The summed E-state index contributed by atoms with van der Waals surface area (Å²) in [7, 11) is 0. The van der Waals surface area contributed by atoms with E-state index in [1.807, 2.05) is 0 Å². The van der Waals surface area contributed by atoms with Gasteiger partial charge in [0.15, 0.2) is 0 Å². The van der Waals surface area contributed by atoms with Gasteiger partial charge in [-0.25, -0.2) is 0 Å². The molecule has 0 aliphatic heterocycles.